The lowest BCUT2D eigenvalue weighted by Gasteiger charge is -2.12. The molecule has 0 N–H and O–H groups in total. The Morgan fingerprint density at radius 2 is 1.76 bits per heavy atom. The molecule has 0 unspecified atom stereocenters. The Bertz CT molecular complexity index is 805. The molecular formula is C21H22O4. The zero-order chi connectivity index (χ0) is 18.4. The summed E-state index contributed by atoms with van der Waals surface area (Å²) in [7, 11) is 1.56. The predicted molar refractivity (Wildman–Crippen MR) is 97.8 cm³/mol. The number of methoxy groups -OCH3 is 1. The molecule has 4 nitrogen and oxygen atoms in total. The molecular weight excluding hydrogens is 316 g/mol. The third-order valence-electron chi connectivity index (χ3n) is 3.99. The summed E-state index contributed by atoms with van der Waals surface area (Å²) in [6.07, 6.45) is 2.05. The van der Waals surface area contributed by atoms with Gasteiger partial charge < -0.3 is 9.47 Å². The van der Waals surface area contributed by atoms with Gasteiger partial charge in [0, 0.05) is 17.2 Å². The molecule has 2 rings (SSSR count). The van der Waals surface area contributed by atoms with Crippen LogP contribution in [0.3, 0.4) is 0 Å². The maximum atomic E-state index is 12.4. The minimum Gasteiger partial charge on any atom is -0.496 e. The van der Waals surface area contributed by atoms with Crippen LogP contribution in [0.4, 0.5) is 0 Å². The van der Waals surface area contributed by atoms with Crippen molar-refractivity contribution < 1.29 is 19.1 Å². The number of para-hydroxylation sites is 1. The Kier molecular flexibility index (Phi) is 6.12. The summed E-state index contributed by atoms with van der Waals surface area (Å²) in [6.45, 7) is 5.50. The molecule has 2 aromatic rings. The van der Waals surface area contributed by atoms with Crippen LogP contribution in [0.5, 0.6) is 5.75 Å². The highest BCUT2D eigenvalue weighted by Gasteiger charge is 2.18. The molecule has 0 heterocycles. The van der Waals surface area contributed by atoms with Crippen molar-refractivity contribution in [2.24, 2.45) is 0 Å². The summed E-state index contributed by atoms with van der Waals surface area (Å²) in [5.41, 5.74) is 3.44. The van der Waals surface area contributed by atoms with Crippen molar-refractivity contribution in [3.05, 3.63) is 70.8 Å². The fourth-order valence-electron chi connectivity index (χ4n) is 2.36. The normalized spacial score (nSPS) is 12.0. The number of carbonyl (C=O) groups excluding carboxylic acids is 2. The van der Waals surface area contributed by atoms with E-state index >= 15 is 0 Å². The number of esters is 1. The second-order valence-corrected chi connectivity index (χ2v) is 5.82. The van der Waals surface area contributed by atoms with Gasteiger partial charge in [-0.1, -0.05) is 30.3 Å². The Labute approximate surface area is 148 Å². The lowest BCUT2D eigenvalue weighted by molar-refractivity contribution is -0.140. The lowest BCUT2D eigenvalue weighted by atomic mass is 10.0. The maximum Gasteiger partial charge on any atom is 0.331 e. The number of aryl methyl sites for hydroxylation is 2. The molecule has 2 aromatic carbocycles. The van der Waals surface area contributed by atoms with E-state index in [-0.39, 0.29) is 5.78 Å². The van der Waals surface area contributed by atoms with E-state index in [9.17, 15) is 9.59 Å². The standard InChI is InChI=1S/C21H22O4/c1-14-9-10-18(13-15(14)2)21(23)16(3)25-20(22)12-11-17-7-5-6-8-19(17)24-4/h5-13,16H,1-4H3/b12-11+/t16-/m1/s1. The van der Waals surface area contributed by atoms with Crippen LogP contribution in [0.1, 0.15) is 34.0 Å². The van der Waals surface area contributed by atoms with Gasteiger partial charge in [-0.2, -0.15) is 0 Å². The van der Waals surface area contributed by atoms with Gasteiger partial charge in [0.05, 0.1) is 7.11 Å². The van der Waals surface area contributed by atoms with E-state index in [1.165, 1.54) is 6.08 Å². The van der Waals surface area contributed by atoms with Crippen LogP contribution in [-0.2, 0) is 9.53 Å². The first-order chi connectivity index (χ1) is 11.9. The van der Waals surface area contributed by atoms with Gasteiger partial charge >= 0.3 is 5.97 Å². The van der Waals surface area contributed by atoms with Gasteiger partial charge in [-0.15, -0.1) is 0 Å². The summed E-state index contributed by atoms with van der Waals surface area (Å²) in [6, 6.07) is 12.8. The van der Waals surface area contributed by atoms with E-state index in [2.05, 4.69) is 0 Å². The summed E-state index contributed by atoms with van der Waals surface area (Å²) >= 11 is 0. The van der Waals surface area contributed by atoms with Gasteiger partial charge in [0.15, 0.2) is 6.10 Å². The first-order valence-corrected chi connectivity index (χ1v) is 8.05. The molecule has 1 atom stereocenters. The number of hydrogen-bond acceptors (Lipinski definition) is 4. The van der Waals surface area contributed by atoms with E-state index in [4.69, 9.17) is 9.47 Å². The fraction of sp³-hybridized carbons (Fsp3) is 0.238. The van der Waals surface area contributed by atoms with Crippen molar-refractivity contribution >= 4 is 17.8 Å². The van der Waals surface area contributed by atoms with Gasteiger partial charge in [-0.25, -0.2) is 4.79 Å². The molecule has 25 heavy (non-hydrogen) atoms. The van der Waals surface area contributed by atoms with Crippen LogP contribution in [0, 0.1) is 13.8 Å². The Balaban J connectivity index is 2.03. The summed E-state index contributed by atoms with van der Waals surface area (Å²) in [5, 5.41) is 0. The van der Waals surface area contributed by atoms with Crippen LogP contribution in [0.25, 0.3) is 6.08 Å². The Morgan fingerprint density at radius 1 is 1.04 bits per heavy atom. The number of ketones is 1. The Hall–Kier alpha value is -2.88. The third kappa shape index (κ3) is 4.80. The summed E-state index contributed by atoms with van der Waals surface area (Å²) in [4.78, 5) is 24.4. The van der Waals surface area contributed by atoms with Crippen LogP contribution in [0.2, 0.25) is 0 Å². The highest BCUT2D eigenvalue weighted by Crippen LogP contribution is 2.19. The molecule has 0 aliphatic heterocycles. The van der Waals surface area contributed by atoms with Crippen LogP contribution >= 0.6 is 0 Å². The zero-order valence-electron chi connectivity index (χ0n) is 14.9. The van der Waals surface area contributed by atoms with Crippen LogP contribution < -0.4 is 4.74 Å². The quantitative estimate of drug-likeness (QED) is 0.451. The van der Waals surface area contributed by atoms with Gasteiger partial charge in [0.1, 0.15) is 5.75 Å². The van der Waals surface area contributed by atoms with Crippen molar-refractivity contribution in [3.8, 4) is 5.75 Å². The molecule has 0 aliphatic rings. The molecule has 0 saturated heterocycles. The van der Waals surface area contributed by atoms with E-state index in [0.29, 0.717) is 11.3 Å². The number of rotatable bonds is 6. The van der Waals surface area contributed by atoms with Crippen molar-refractivity contribution in [2.75, 3.05) is 7.11 Å². The van der Waals surface area contributed by atoms with Crippen LogP contribution in [-0.4, -0.2) is 25.0 Å². The van der Waals surface area contributed by atoms with E-state index in [0.717, 1.165) is 16.7 Å². The minimum absolute atomic E-state index is 0.220. The van der Waals surface area contributed by atoms with Gasteiger partial charge in [0.2, 0.25) is 5.78 Å². The highest BCUT2D eigenvalue weighted by atomic mass is 16.5. The van der Waals surface area contributed by atoms with Crippen molar-refractivity contribution in [1.29, 1.82) is 0 Å². The molecule has 0 spiro atoms. The molecule has 0 saturated carbocycles. The summed E-state index contributed by atoms with van der Waals surface area (Å²) < 4.78 is 10.4. The van der Waals surface area contributed by atoms with Gasteiger partial charge in [-0.3, -0.25) is 4.79 Å². The second-order valence-electron chi connectivity index (χ2n) is 5.82. The molecule has 0 bridgehead atoms. The second kappa shape index (κ2) is 8.29. The van der Waals surface area contributed by atoms with E-state index < -0.39 is 12.1 Å². The molecule has 0 radical (unpaired) electrons. The smallest absolute Gasteiger partial charge is 0.331 e. The fourth-order valence-corrected chi connectivity index (χ4v) is 2.36. The molecule has 0 aromatic heterocycles. The minimum atomic E-state index is -0.850. The first kappa shape index (κ1) is 18.5. The number of carbonyl (C=O) groups is 2. The number of ether oxygens (including phenoxy) is 2. The van der Waals surface area contributed by atoms with Crippen molar-refractivity contribution in [3.63, 3.8) is 0 Å². The van der Waals surface area contributed by atoms with Crippen LogP contribution in [0.15, 0.2) is 48.5 Å². The lowest BCUT2D eigenvalue weighted by Crippen LogP contribution is -2.23. The third-order valence-corrected chi connectivity index (χ3v) is 3.99. The molecule has 0 fully saturated rings. The topological polar surface area (TPSA) is 52.6 Å². The molecule has 0 aliphatic carbocycles. The van der Waals surface area contributed by atoms with Gasteiger partial charge in [0.25, 0.3) is 0 Å². The first-order valence-electron chi connectivity index (χ1n) is 8.05. The largest absolute Gasteiger partial charge is 0.496 e. The highest BCUT2D eigenvalue weighted by molar-refractivity contribution is 6.01. The number of hydrogen-bond donors (Lipinski definition) is 0. The van der Waals surface area contributed by atoms with E-state index in [1.807, 2.05) is 44.2 Å². The SMILES string of the molecule is COc1ccccc1/C=C/C(=O)O[C@H](C)C(=O)c1ccc(C)c(C)c1. The van der Waals surface area contributed by atoms with Crippen molar-refractivity contribution in [1.82, 2.24) is 0 Å². The molecule has 4 heteroatoms. The number of benzene rings is 2. The number of Topliss-reactive ketones (excluding diaryl/α,β-unsaturated/α-hetero) is 1. The zero-order valence-corrected chi connectivity index (χ0v) is 14.9. The Morgan fingerprint density at radius 3 is 2.44 bits per heavy atom. The monoisotopic (exact) mass is 338 g/mol. The predicted octanol–water partition coefficient (Wildman–Crippen LogP) is 4.14. The van der Waals surface area contributed by atoms with Gasteiger partial charge in [-0.05, 0) is 50.1 Å². The summed E-state index contributed by atoms with van der Waals surface area (Å²) in [5.74, 6) is -0.136. The molecule has 0 amide bonds. The average Bonchev–Trinajstić information content (AvgIpc) is 2.61. The van der Waals surface area contributed by atoms with Crippen molar-refractivity contribution in [2.45, 2.75) is 26.9 Å². The molecule has 130 valence electrons. The van der Waals surface area contributed by atoms with E-state index in [1.54, 1.807) is 32.2 Å². The average molecular weight is 338 g/mol. The maximum absolute atomic E-state index is 12.4.